The molecule has 1 N–H and O–H groups in total. The van der Waals surface area contributed by atoms with Crippen LogP contribution in [0, 0.1) is 5.92 Å². The van der Waals surface area contributed by atoms with Gasteiger partial charge in [0.1, 0.15) is 0 Å². The summed E-state index contributed by atoms with van der Waals surface area (Å²) in [6.45, 7) is 2.40. The predicted molar refractivity (Wildman–Crippen MR) is 85.1 cm³/mol. The van der Waals surface area contributed by atoms with Crippen LogP contribution in [0.25, 0.3) is 0 Å². The largest absolute Gasteiger partial charge is 0.466 e. The van der Waals surface area contributed by atoms with E-state index in [1.807, 2.05) is 18.7 Å². The van der Waals surface area contributed by atoms with E-state index in [0.29, 0.717) is 18.7 Å². The number of esters is 1. The molecule has 2 saturated carbocycles. The maximum absolute atomic E-state index is 11.9. The maximum atomic E-state index is 11.9. The third-order valence-corrected chi connectivity index (χ3v) is 5.82. The lowest BCUT2D eigenvalue weighted by atomic mass is 9.84. The molecular weight excluding hydrogens is 270 g/mol. The summed E-state index contributed by atoms with van der Waals surface area (Å²) in [6, 6.07) is 1.18. The Kier molecular flexibility index (Phi) is 6.69. The van der Waals surface area contributed by atoms with Gasteiger partial charge in [-0.1, -0.05) is 12.8 Å². The molecule has 2 aliphatic rings. The molecule has 0 saturated heterocycles. The highest BCUT2D eigenvalue weighted by Gasteiger charge is 2.30. The SMILES string of the molecule is CCOC(=O)C1CCCC(NC2CCCC(SC)C2)C1. The Hall–Kier alpha value is -0.220. The molecule has 2 fully saturated rings. The van der Waals surface area contributed by atoms with Crippen LogP contribution in [0.2, 0.25) is 0 Å². The van der Waals surface area contributed by atoms with Crippen LogP contribution >= 0.6 is 11.8 Å². The molecular formula is C16H29NO2S. The van der Waals surface area contributed by atoms with E-state index in [1.54, 1.807) is 0 Å². The molecule has 0 aromatic heterocycles. The van der Waals surface area contributed by atoms with Crippen molar-refractivity contribution < 1.29 is 9.53 Å². The van der Waals surface area contributed by atoms with Crippen molar-refractivity contribution in [1.29, 1.82) is 0 Å². The normalized spacial score (nSPS) is 34.7. The molecule has 0 radical (unpaired) electrons. The van der Waals surface area contributed by atoms with Crippen molar-refractivity contribution in [2.75, 3.05) is 12.9 Å². The summed E-state index contributed by atoms with van der Waals surface area (Å²) in [6.07, 6.45) is 11.9. The second-order valence-electron chi connectivity index (χ2n) is 6.20. The number of hydrogen-bond donors (Lipinski definition) is 1. The van der Waals surface area contributed by atoms with Gasteiger partial charge in [0.2, 0.25) is 0 Å². The van der Waals surface area contributed by atoms with E-state index in [2.05, 4.69) is 11.6 Å². The van der Waals surface area contributed by atoms with Crippen LogP contribution in [0.5, 0.6) is 0 Å². The third-order valence-electron chi connectivity index (χ3n) is 4.72. The molecule has 4 unspecified atom stereocenters. The van der Waals surface area contributed by atoms with E-state index in [9.17, 15) is 4.79 Å². The van der Waals surface area contributed by atoms with Gasteiger partial charge in [-0.15, -0.1) is 0 Å². The van der Waals surface area contributed by atoms with Gasteiger partial charge in [-0.05, 0) is 51.7 Å². The fourth-order valence-electron chi connectivity index (χ4n) is 3.66. The summed E-state index contributed by atoms with van der Waals surface area (Å²) in [5, 5.41) is 4.65. The number of hydrogen-bond acceptors (Lipinski definition) is 4. The molecule has 0 amide bonds. The van der Waals surface area contributed by atoms with Crippen LogP contribution in [-0.4, -0.2) is 36.2 Å². The number of rotatable bonds is 5. The Morgan fingerprint density at radius 3 is 2.55 bits per heavy atom. The smallest absolute Gasteiger partial charge is 0.308 e. The molecule has 4 atom stereocenters. The second kappa shape index (κ2) is 8.28. The van der Waals surface area contributed by atoms with Crippen molar-refractivity contribution in [2.24, 2.45) is 5.92 Å². The fourth-order valence-corrected chi connectivity index (χ4v) is 4.49. The minimum absolute atomic E-state index is 0.0182. The summed E-state index contributed by atoms with van der Waals surface area (Å²) in [7, 11) is 0. The zero-order valence-electron chi connectivity index (χ0n) is 12.9. The number of carbonyl (C=O) groups excluding carboxylic acids is 1. The van der Waals surface area contributed by atoms with Gasteiger partial charge >= 0.3 is 5.97 Å². The first-order valence-corrected chi connectivity index (χ1v) is 9.47. The quantitative estimate of drug-likeness (QED) is 0.790. The van der Waals surface area contributed by atoms with Gasteiger partial charge < -0.3 is 10.1 Å². The number of ether oxygens (including phenoxy) is 1. The van der Waals surface area contributed by atoms with Gasteiger partial charge in [0.05, 0.1) is 12.5 Å². The van der Waals surface area contributed by atoms with Crippen molar-refractivity contribution >= 4 is 17.7 Å². The molecule has 4 heteroatoms. The Morgan fingerprint density at radius 2 is 1.85 bits per heavy atom. The summed E-state index contributed by atoms with van der Waals surface area (Å²) in [5.74, 6) is 0.144. The van der Waals surface area contributed by atoms with Crippen LogP contribution in [0.3, 0.4) is 0 Å². The molecule has 0 bridgehead atoms. The summed E-state index contributed by atoms with van der Waals surface area (Å²) in [5.41, 5.74) is 0. The average molecular weight is 299 g/mol. The van der Waals surface area contributed by atoms with Gasteiger partial charge in [-0.3, -0.25) is 4.79 Å². The standard InChI is InChI=1S/C16H29NO2S/c1-3-19-16(18)12-6-4-7-13(10-12)17-14-8-5-9-15(11-14)20-2/h12-15,17H,3-11H2,1-2H3. The molecule has 116 valence electrons. The Labute approximate surface area is 127 Å². The monoisotopic (exact) mass is 299 g/mol. The van der Waals surface area contributed by atoms with Crippen molar-refractivity contribution in [1.82, 2.24) is 5.32 Å². The van der Waals surface area contributed by atoms with Crippen molar-refractivity contribution in [3.05, 3.63) is 0 Å². The Balaban J connectivity index is 1.79. The zero-order chi connectivity index (χ0) is 14.4. The molecule has 0 aromatic carbocycles. The van der Waals surface area contributed by atoms with E-state index >= 15 is 0 Å². The van der Waals surface area contributed by atoms with Gasteiger partial charge in [-0.25, -0.2) is 0 Å². The van der Waals surface area contributed by atoms with Gasteiger partial charge in [0.15, 0.2) is 0 Å². The summed E-state index contributed by atoms with van der Waals surface area (Å²) in [4.78, 5) is 11.9. The first-order chi connectivity index (χ1) is 9.72. The topological polar surface area (TPSA) is 38.3 Å². The van der Waals surface area contributed by atoms with Crippen molar-refractivity contribution in [2.45, 2.75) is 75.6 Å². The van der Waals surface area contributed by atoms with Crippen LogP contribution in [0.1, 0.15) is 58.3 Å². The number of carbonyl (C=O) groups is 1. The van der Waals surface area contributed by atoms with E-state index < -0.39 is 0 Å². The minimum Gasteiger partial charge on any atom is -0.466 e. The fraction of sp³-hybridized carbons (Fsp3) is 0.938. The molecule has 0 spiro atoms. The van der Waals surface area contributed by atoms with Crippen LogP contribution in [0.15, 0.2) is 0 Å². The Morgan fingerprint density at radius 1 is 1.15 bits per heavy atom. The molecule has 0 aromatic rings. The average Bonchev–Trinajstić information content (AvgIpc) is 2.48. The molecule has 0 heterocycles. The predicted octanol–water partition coefficient (Wildman–Crippen LogP) is 3.37. The van der Waals surface area contributed by atoms with E-state index in [0.717, 1.165) is 24.5 Å². The van der Waals surface area contributed by atoms with Crippen molar-refractivity contribution in [3.8, 4) is 0 Å². The minimum atomic E-state index is 0.0182. The van der Waals surface area contributed by atoms with E-state index in [4.69, 9.17) is 4.74 Å². The highest BCUT2D eigenvalue weighted by molar-refractivity contribution is 7.99. The van der Waals surface area contributed by atoms with Gasteiger partial charge in [0, 0.05) is 17.3 Å². The number of nitrogens with one attached hydrogen (secondary N) is 1. The molecule has 3 nitrogen and oxygen atoms in total. The molecule has 2 aliphatic carbocycles. The maximum Gasteiger partial charge on any atom is 0.308 e. The van der Waals surface area contributed by atoms with Crippen LogP contribution in [0.4, 0.5) is 0 Å². The van der Waals surface area contributed by atoms with Gasteiger partial charge in [-0.2, -0.15) is 11.8 Å². The van der Waals surface area contributed by atoms with Gasteiger partial charge in [0.25, 0.3) is 0 Å². The molecule has 20 heavy (non-hydrogen) atoms. The van der Waals surface area contributed by atoms with E-state index in [1.165, 1.54) is 32.1 Å². The first-order valence-electron chi connectivity index (χ1n) is 8.18. The highest BCUT2D eigenvalue weighted by Crippen LogP contribution is 2.30. The van der Waals surface area contributed by atoms with Crippen LogP contribution < -0.4 is 5.32 Å². The first kappa shape index (κ1) is 16.2. The van der Waals surface area contributed by atoms with Crippen LogP contribution in [-0.2, 0) is 9.53 Å². The summed E-state index contributed by atoms with van der Waals surface area (Å²) >= 11 is 2.01. The third kappa shape index (κ3) is 4.66. The van der Waals surface area contributed by atoms with E-state index in [-0.39, 0.29) is 11.9 Å². The molecule has 2 rings (SSSR count). The zero-order valence-corrected chi connectivity index (χ0v) is 13.7. The second-order valence-corrected chi connectivity index (χ2v) is 7.34. The highest BCUT2D eigenvalue weighted by atomic mass is 32.2. The number of thioether (sulfide) groups is 1. The summed E-state index contributed by atoms with van der Waals surface area (Å²) < 4.78 is 5.18. The lowest BCUT2D eigenvalue weighted by Gasteiger charge is -2.35. The van der Waals surface area contributed by atoms with Crippen molar-refractivity contribution in [3.63, 3.8) is 0 Å². The lowest BCUT2D eigenvalue weighted by Crippen LogP contribution is -2.44. The Bertz CT molecular complexity index is 311. The molecule has 0 aliphatic heterocycles. The lowest BCUT2D eigenvalue weighted by molar-refractivity contribution is -0.149.